The van der Waals surface area contributed by atoms with E-state index in [2.05, 4.69) is 15.6 Å². The van der Waals surface area contributed by atoms with Crippen LogP contribution in [0.1, 0.15) is 35.9 Å². The largest absolute Gasteiger partial charge is 0.320 e. The lowest BCUT2D eigenvalue weighted by Crippen LogP contribution is -2.21. The molecular formula is C16H18FN3O. The van der Waals surface area contributed by atoms with E-state index in [0.29, 0.717) is 0 Å². The van der Waals surface area contributed by atoms with Crippen LogP contribution in [0.3, 0.4) is 0 Å². The molecule has 110 valence electrons. The molecule has 0 aliphatic rings. The number of anilines is 1. The summed E-state index contributed by atoms with van der Waals surface area (Å²) in [5.41, 5.74) is 1.90. The lowest BCUT2D eigenvalue weighted by atomic mass is 10.1. The van der Waals surface area contributed by atoms with E-state index in [0.717, 1.165) is 24.0 Å². The number of hydrogen-bond donors (Lipinski definition) is 2. The van der Waals surface area contributed by atoms with Gasteiger partial charge in [0.05, 0.1) is 6.20 Å². The van der Waals surface area contributed by atoms with Gasteiger partial charge in [-0.25, -0.2) is 9.37 Å². The van der Waals surface area contributed by atoms with Crippen LogP contribution in [0.15, 0.2) is 42.6 Å². The smallest absolute Gasteiger partial charge is 0.274 e. The van der Waals surface area contributed by atoms with Gasteiger partial charge in [-0.15, -0.1) is 0 Å². The molecule has 2 rings (SSSR count). The molecule has 1 aromatic heterocycles. The first-order valence-electron chi connectivity index (χ1n) is 6.87. The zero-order valence-corrected chi connectivity index (χ0v) is 12.1. The number of nitrogens with zero attached hydrogens (tertiary/aromatic N) is 1. The van der Waals surface area contributed by atoms with Gasteiger partial charge in [-0.2, -0.15) is 0 Å². The maximum Gasteiger partial charge on any atom is 0.274 e. The van der Waals surface area contributed by atoms with E-state index in [-0.39, 0.29) is 17.6 Å². The standard InChI is InChI=1S/C16H18FN3O/c1-3-18-11(2)13-6-4-5-7-14(13)20-16(21)15-9-8-12(17)10-19-15/h4-11,18H,3H2,1-2H3,(H,20,21). The van der Waals surface area contributed by atoms with E-state index in [1.807, 2.05) is 38.1 Å². The summed E-state index contributed by atoms with van der Waals surface area (Å²) >= 11 is 0. The van der Waals surface area contributed by atoms with Crippen molar-refractivity contribution in [1.29, 1.82) is 0 Å². The molecular weight excluding hydrogens is 269 g/mol. The second-order valence-corrected chi connectivity index (χ2v) is 4.68. The van der Waals surface area contributed by atoms with Crippen LogP contribution in [0.25, 0.3) is 0 Å². The fourth-order valence-corrected chi connectivity index (χ4v) is 2.10. The molecule has 1 aromatic carbocycles. The molecule has 1 atom stereocenters. The van der Waals surface area contributed by atoms with Crippen molar-refractivity contribution in [3.8, 4) is 0 Å². The average Bonchev–Trinajstić information content (AvgIpc) is 2.48. The molecule has 5 heteroatoms. The fraction of sp³-hybridized carbons (Fsp3) is 0.250. The van der Waals surface area contributed by atoms with Crippen LogP contribution < -0.4 is 10.6 Å². The summed E-state index contributed by atoms with van der Waals surface area (Å²) in [7, 11) is 0. The highest BCUT2D eigenvalue weighted by atomic mass is 19.1. The first kappa shape index (κ1) is 15.1. The van der Waals surface area contributed by atoms with Crippen molar-refractivity contribution in [3.63, 3.8) is 0 Å². The van der Waals surface area contributed by atoms with E-state index < -0.39 is 5.82 Å². The Morgan fingerprint density at radius 1 is 1.29 bits per heavy atom. The van der Waals surface area contributed by atoms with Gasteiger partial charge in [-0.1, -0.05) is 25.1 Å². The highest BCUT2D eigenvalue weighted by Gasteiger charge is 2.13. The molecule has 1 unspecified atom stereocenters. The van der Waals surface area contributed by atoms with Crippen LogP contribution in [0.4, 0.5) is 10.1 Å². The minimum Gasteiger partial charge on any atom is -0.320 e. The zero-order chi connectivity index (χ0) is 15.2. The number of benzene rings is 1. The third kappa shape index (κ3) is 3.86. The molecule has 1 amide bonds. The van der Waals surface area contributed by atoms with E-state index in [1.165, 1.54) is 12.1 Å². The van der Waals surface area contributed by atoms with E-state index in [4.69, 9.17) is 0 Å². The summed E-state index contributed by atoms with van der Waals surface area (Å²) in [5.74, 6) is -0.820. The maximum absolute atomic E-state index is 12.8. The Hall–Kier alpha value is -2.27. The van der Waals surface area contributed by atoms with E-state index >= 15 is 0 Å². The van der Waals surface area contributed by atoms with Crippen molar-refractivity contribution in [2.24, 2.45) is 0 Å². The van der Waals surface area contributed by atoms with Gasteiger partial charge in [-0.3, -0.25) is 4.79 Å². The Labute approximate surface area is 123 Å². The van der Waals surface area contributed by atoms with Crippen molar-refractivity contribution in [2.45, 2.75) is 19.9 Å². The van der Waals surface area contributed by atoms with Crippen LogP contribution in [0.2, 0.25) is 0 Å². The SMILES string of the molecule is CCNC(C)c1ccccc1NC(=O)c1ccc(F)cn1. The summed E-state index contributed by atoms with van der Waals surface area (Å²) in [4.78, 5) is 15.9. The summed E-state index contributed by atoms with van der Waals surface area (Å²) < 4.78 is 12.8. The summed E-state index contributed by atoms with van der Waals surface area (Å²) in [6, 6.07) is 10.3. The van der Waals surface area contributed by atoms with Gasteiger partial charge in [0, 0.05) is 11.7 Å². The monoisotopic (exact) mass is 287 g/mol. The Morgan fingerprint density at radius 3 is 2.71 bits per heavy atom. The van der Waals surface area contributed by atoms with Crippen molar-refractivity contribution >= 4 is 11.6 Å². The number of hydrogen-bond acceptors (Lipinski definition) is 3. The lowest BCUT2D eigenvalue weighted by molar-refractivity contribution is 0.102. The lowest BCUT2D eigenvalue weighted by Gasteiger charge is -2.17. The number of nitrogens with one attached hydrogen (secondary N) is 2. The topological polar surface area (TPSA) is 54.0 Å². The second-order valence-electron chi connectivity index (χ2n) is 4.68. The molecule has 0 radical (unpaired) electrons. The van der Waals surface area contributed by atoms with Crippen LogP contribution in [-0.4, -0.2) is 17.4 Å². The molecule has 0 aliphatic heterocycles. The molecule has 21 heavy (non-hydrogen) atoms. The van der Waals surface area contributed by atoms with Crippen LogP contribution in [0.5, 0.6) is 0 Å². The van der Waals surface area contributed by atoms with Gasteiger partial charge >= 0.3 is 0 Å². The second kappa shape index (κ2) is 6.95. The highest BCUT2D eigenvalue weighted by molar-refractivity contribution is 6.03. The molecule has 0 spiro atoms. The van der Waals surface area contributed by atoms with Crippen molar-refractivity contribution in [1.82, 2.24) is 10.3 Å². The van der Waals surface area contributed by atoms with Gasteiger partial charge in [0.1, 0.15) is 11.5 Å². The van der Waals surface area contributed by atoms with Crippen LogP contribution >= 0.6 is 0 Å². The quantitative estimate of drug-likeness (QED) is 0.888. The molecule has 2 N–H and O–H groups in total. The Kier molecular flexibility index (Phi) is 5.00. The molecule has 0 bridgehead atoms. The number of carbonyl (C=O) groups is 1. The molecule has 2 aromatic rings. The maximum atomic E-state index is 12.8. The molecule has 0 saturated heterocycles. The molecule has 0 aliphatic carbocycles. The zero-order valence-electron chi connectivity index (χ0n) is 12.1. The molecule has 1 heterocycles. The van der Waals surface area contributed by atoms with E-state index in [9.17, 15) is 9.18 Å². The number of para-hydroxylation sites is 1. The number of halogens is 1. The first-order chi connectivity index (χ1) is 10.1. The van der Waals surface area contributed by atoms with Crippen molar-refractivity contribution < 1.29 is 9.18 Å². The van der Waals surface area contributed by atoms with Crippen LogP contribution in [-0.2, 0) is 0 Å². The number of aromatic nitrogens is 1. The Bertz CT molecular complexity index is 613. The normalized spacial score (nSPS) is 12.0. The van der Waals surface area contributed by atoms with Gasteiger partial charge in [0.25, 0.3) is 5.91 Å². The minimum atomic E-state index is -0.465. The fourth-order valence-electron chi connectivity index (χ4n) is 2.10. The number of rotatable bonds is 5. The first-order valence-corrected chi connectivity index (χ1v) is 6.87. The van der Waals surface area contributed by atoms with Gasteiger partial charge < -0.3 is 10.6 Å². The number of carbonyl (C=O) groups excluding carboxylic acids is 1. The summed E-state index contributed by atoms with van der Waals surface area (Å²) in [6.07, 6.45) is 1.03. The summed E-state index contributed by atoms with van der Waals surface area (Å²) in [6.45, 7) is 4.90. The van der Waals surface area contributed by atoms with E-state index in [1.54, 1.807) is 0 Å². The predicted molar refractivity (Wildman–Crippen MR) is 80.7 cm³/mol. The molecule has 0 saturated carbocycles. The highest BCUT2D eigenvalue weighted by Crippen LogP contribution is 2.22. The average molecular weight is 287 g/mol. The predicted octanol–water partition coefficient (Wildman–Crippen LogP) is 3.14. The third-order valence-electron chi connectivity index (χ3n) is 3.15. The molecule has 4 nitrogen and oxygen atoms in total. The number of amides is 1. The number of pyridine rings is 1. The summed E-state index contributed by atoms with van der Waals surface area (Å²) in [5, 5.41) is 6.13. The third-order valence-corrected chi connectivity index (χ3v) is 3.15. The Balaban J connectivity index is 2.19. The van der Waals surface area contributed by atoms with Gasteiger partial charge in [0.2, 0.25) is 0 Å². The van der Waals surface area contributed by atoms with Gasteiger partial charge in [0.15, 0.2) is 0 Å². The van der Waals surface area contributed by atoms with Crippen LogP contribution in [0, 0.1) is 5.82 Å². The van der Waals surface area contributed by atoms with Gasteiger partial charge in [-0.05, 0) is 37.2 Å². The van der Waals surface area contributed by atoms with Crippen molar-refractivity contribution in [2.75, 3.05) is 11.9 Å². The minimum absolute atomic E-state index is 0.118. The van der Waals surface area contributed by atoms with Crippen molar-refractivity contribution in [3.05, 3.63) is 59.7 Å². The Morgan fingerprint density at radius 2 is 2.05 bits per heavy atom. The molecule has 0 fully saturated rings.